The zero-order valence-electron chi connectivity index (χ0n) is 12.9. The summed E-state index contributed by atoms with van der Waals surface area (Å²) >= 11 is 0. The highest BCUT2D eigenvalue weighted by atomic mass is 16.5. The van der Waals surface area contributed by atoms with Gasteiger partial charge in [-0.15, -0.1) is 0 Å². The Bertz CT molecular complexity index is 589. The topological polar surface area (TPSA) is 64.4 Å². The molecule has 1 aromatic heterocycles. The lowest BCUT2D eigenvalue weighted by Crippen LogP contribution is -2.40. The number of rotatable bonds is 3. The summed E-state index contributed by atoms with van der Waals surface area (Å²) in [4.78, 5) is 25.5. The van der Waals surface area contributed by atoms with Gasteiger partial charge in [-0.2, -0.15) is 5.10 Å². The molecular weight excluding hydrogens is 270 g/mol. The van der Waals surface area contributed by atoms with Gasteiger partial charge in [0.15, 0.2) is 0 Å². The van der Waals surface area contributed by atoms with Crippen molar-refractivity contribution in [1.82, 2.24) is 14.7 Å². The number of carbonyl (C=O) groups excluding carboxylic acids is 2. The third-order valence-electron chi connectivity index (χ3n) is 3.97. The molecule has 0 bridgehead atoms. The second kappa shape index (κ2) is 6.11. The lowest BCUT2D eigenvalue weighted by atomic mass is 10.1. The van der Waals surface area contributed by atoms with Gasteiger partial charge in [-0.3, -0.25) is 9.48 Å². The molecule has 1 unspecified atom stereocenters. The van der Waals surface area contributed by atoms with Crippen LogP contribution in [-0.2, 0) is 21.4 Å². The molecule has 0 aliphatic carbocycles. The van der Waals surface area contributed by atoms with Crippen LogP contribution in [0.2, 0.25) is 0 Å². The van der Waals surface area contributed by atoms with Gasteiger partial charge >= 0.3 is 5.97 Å². The molecule has 1 aromatic rings. The Kier molecular flexibility index (Phi) is 4.45. The van der Waals surface area contributed by atoms with Gasteiger partial charge in [-0.25, -0.2) is 4.79 Å². The molecule has 6 nitrogen and oxygen atoms in total. The molecule has 0 aromatic carbocycles. The number of ether oxygens (including phenoxy) is 1. The van der Waals surface area contributed by atoms with E-state index >= 15 is 0 Å². The Hall–Kier alpha value is -2.11. The van der Waals surface area contributed by atoms with Crippen LogP contribution in [0.4, 0.5) is 0 Å². The summed E-state index contributed by atoms with van der Waals surface area (Å²) < 4.78 is 6.53. The number of nitrogens with zero attached hydrogens (tertiary/aromatic N) is 3. The fourth-order valence-electron chi connectivity index (χ4n) is 2.69. The third kappa shape index (κ3) is 2.99. The van der Waals surface area contributed by atoms with Crippen molar-refractivity contribution in [2.24, 2.45) is 7.05 Å². The van der Waals surface area contributed by atoms with E-state index in [1.54, 1.807) is 15.7 Å². The van der Waals surface area contributed by atoms with Gasteiger partial charge in [0.2, 0.25) is 5.91 Å². The van der Waals surface area contributed by atoms with Gasteiger partial charge in [0.25, 0.3) is 0 Å². The number of likely N-dealkylation sites (tertiary alicyclic amines) is 1. The Morgan fingerprint density at radius 2 is 2.10 bits per heavy atom. The van der Waals surface area contributed by atoms with E-state index in [1.165, 1.54) is 13.2 Å². The fourth-order valence-corrected chi connectivity index (χ4v) is 2.69. The monoisotopic (exact) mass is 291 g/mol. The van der Waals surface area contributed by atoms with Crippen LogP contribution in [0.5, 0.6) is 0 Å². The number of aromatic nitrogens is 2. The van der Waals surface area contributed by atoms with Crippen LogP contribution >= 0.6 is 0 Å². The molecular formula is C15H21N3O3. The summed E-state index contributed by atoms with van der Waals surface area (Å²) in [5.41, 5.74) is 2.83. The predicted molar refractivity (Wildman–Crippen MR) is 78.5 cm³/mol. The quantitative estimate of drug-likeness (QED) is 0.620. The molecule has 0 spiro atoms. The first kappa shape index (κ1) is 15.3. The molecule has 1 atom stereocenters. The Balaban J connectivity index is 2.14. The second-order valence-electron chi connectivity index (χ2n) is 5.25. The highest BCUT2D eigenvalue weighted by molar-refractivity contribution is 5.95. The van der Waals surface area contributed by atoms with Crippen LogP contribution in [0.1, 0.15) is 29.8 Å². The predicted octanol–water partition coefficient (Wildman–Crippen LogP) is 1.21. The number of aryl methyl sites for hydroxylation is 2. The molecule has 0 N–H and O–H groups in total. The number of hydrogen-bond acceptors (Lipinski definition) is 4. The largest absolute Gasteiger partial charge is 0.467 e. The number of esters is 1. The highest BCUT2D eigenvalue weighted by Gasteiger charge is 2.33. The zero-order valence-corrected chi connectivity index (χ0v) is 12.9. The second-order valence-corrected chi connectivity index (χ2v) is 5.25. The summed E-state index contributed by atoms with van der Waals surface area (Å²) in [6.45, 7) is 4.45. The molecule has 2 rings (SSSR count). The van der Waals surface area contributed by atoms with Crippen molar-refractivity contribution in [2.45, 2.75) is 32.7 Å². The van der Waals surface area contributed by atoms with Crippen molar-refractivity contribution in [1.29, 1.82) is 0 Å². The number of methoxy groups -OCH3 is 1. The maximum atomic E-state index is 12.3. The Morgan fingerprint density at radius 3 is 2.67 bits per heavy atom. The van der Waals surface area contributed by atoms with E-state index in [0.717, 1.165) is 23.4 Å². The molecule has 1 saturated heterocycles. The van der Waals surface area contributed by atoms with Crippen molar-refractivity contribution in [2.75, 3.05) is 13.7 Å². The molecule has 1 amide bonds. The van der Waals surface area contributed by atoms with Gasteiger partial charge in [0, 0.05) is 30.9 Å². The molecule has 21 heavy (non-hydrogen) atoms. The SMILES string of the molecule is COC(=O)C1CCCN1C(=O)/C=C/c1c(C)nn(C)c1C. The van der Waals surface area contributed by atoms with Crippen molar-refractivity contribution >= 4 is 18.0 Å². The Morgan fingerprint density at radius 1 is 1.38 bits per heavy atom. The van der Waals surface area contributed by atoms with Crippen LogP contribution in [0, 0.1) is 13.8 Å². The minimum atomic E-state index is -0.455. The third-order valence-corrected chi connectivity index (χ3v) is 3.97. The van der Waals surface area contributed by atoms with Crippen molar-refractivity contribution in [3.63, 3.8) is 0 Å². The van der Waals surface area contributed by atoms with E-state index in [2.05, 4.69) is 5.10 Å². The average Bonchev–Trinajstić information content (AvgIpc) is 3.03. The van der Waals surface area contributed by atoms with Crippen LogP contribution in [0.15, 0.2) is 6.08 Å². The number of amides is 1. The zero-order chi connectivity index (χ0) is 15.6. The van der Waals surface area contributed by atoms with Gasteiger partial charge in [-0.1, -0.05) is 0 Å². The van der Waals surface area contributed by atoms with Gasteiger partial charge in [0.1, 0.15) is 6.04 Å². The standard InChI is InChI=1S/C15H21N3O3/c1-10-12(11(2)17(3)16-10)7-8-14(19)18-9-5-6-13(18)15(20)21-4/h7-8,13H,5-6,9H2,1-4H3/b8-7+. The first-order valence-corrected chi connectivity index (χ1v) is 7.02. The summed E-state index contributed by atoms with van der Waals surface area (Å²) in [6, 6.07) is -0.455. The molecule has 1 fully saturated rings. The number of hydrogen-bond donors (Lipinski definition) is 0. The highest BCUT2D eigenvalue weighted by Crippen LogP contribution is 2.20. The van der Waals surface area contributed by atoms with E-state index in [0.29, 0.717) is 13.0 Å². The minimum Gasteiger partial charge on any atom is -0.467 e. The molecule has 1 aliphatic rings. The van der Waals surface area contributed by atoms with E-state index in [-0.39, 0.29) is 11.9 Å². The van der Waals surface area contributed by atoms with Crippen molar-refractivity contribution in [3.05, 3.63) is 23.0 Å². The maximum Gasteiger partial charge on any atom is 0.328 e. The molecule has 114 valence electrons. The molecule has 0 saturated carbocycles. The van der Waals surface area contributed by atoms with Gasteiger partial charge < -0.3 is 9.64 Å². The molecule has 2 heterocycles. The van der Waals surface area contributed by atoms with Crippen molar-refractivity contribution < 1.29 is 14.3 Å². The smallest absolute Gasteiger partial charge is 0.328 e. The van der Waals surface area contributed by atoms with Crippen molar-refractivity contribution in [3.8, 4) is 0 Å². The summed E-state index contributed by atoms with van der Waals surface area (Å²) in [5, 5.41) is 4.31. The van der Waals surface area contributed by atoms with Crippen LogP contribution in [-0.4, -0.2) is 46.3 Å². The lowest BCUT2D eigenvalue weighted by molar-refractivity contribution is -0.149. The molecule has 6 heteroatoms. The molecule has 0 radical (unpaired) electrons. The first-order chi connectivity index (χ1) is 9.95. The van der Waals surface area contributed by atoms with Crippen LogP contribution in [0.3, 0.4) is 0 Å². The fraction of sp³-hybridized carbons (Fsp3) is 0.533. The maximum absolute atomic E-state index is 12.3. The Labute approximate surface area is 124 Å². The van der Waals surface area contributed by atoms with Gasteiger partial charge in [-0.05, 0) is 32.8 Å². The van der Waals surface area contributed by atoms with Gasteiger partial charge in [0.05, 0.1) is 12.8 Å². The summed E-state index contributed by atoms with van der Waals surface area (Å²) in [6.07, 6.45) is 4.77. The molecule has 1 aliphatic heterocycles. The van der Waals surface area contributed by atoms with E-state index in [1.807, 2.05) is 20.9 Å². The number of carbonyl (C=O) groups is 2. The average molecular weight is 291 g/mol. The van der Waals surface area contributed by atoms with E-state index < -0.39 is 6.04 Å². The summed E-state index contributed by atoms with van der Waals surface area (Å²) in [7, 11) is 3.22. The van der Waals surface area contributed by atoms with Crippen LogP contribution in [0.25, 0.3) is 6.08 Å². The minimum absolute atomic E-state index is 0.162. The van der Waals surface area contributed by atoms with Crippen LogP contribution < -0.4 is 0 Å². The van der Waals surface area contributed by atoms with E-state index in [4.69, 9.17) is 4.74 Å². The normalized spacial score (nSPS) is 18.5. The lowest BCUT2D eigenvalue weighted by Gasteiger charge is -2.20. The first-order valence-electron chi connectivity index (χ1n) is 7.02. The van der Waals surface area contributed by atoms with E-state index in [9.17, 15) is 9.59 Å². The summed E-state index contributed by atoms with van der Waals surface area (Å²) in [5.74, 6) is -0.506.